The molecule has 26 heavy (non-hydrogen) atoms. The van der Waals surface area contributed by atoms with E-state index < -0.39 is 23.4 Å². The van der Waals surface area contributed by atoms with Gasteiger partial charge in [-0.25, -0.2) is 0 Å². The molecule has 2 saturated carbocycles. The molecule has 6 atom stereocenters. The number of allylic oxidation sites excluding steroid dienone is 6. The lowest BCUT2D eigenvalue weighted by molar-refractivity contribution is -0.161. The topological polar surface area (TPSA) is 74.6 Å². The Kier molecular flexibility index (Phi) is 3.78. The summed E-state index contributed by atoms with van der Waals surface area (Å²) >= 11 is 0. The molecule has 0 radical (unpaired) electrons. The van der Waals surface area contributed by atoms with Gasteiger partial charge in [0.15, 0.2) is 11.6 Å². The van der Waals surface area contributed by atoms with Crippen molar-refractivity contribution in [1.82, 2.24) is 0 Å². The van der Waals surface area contributed by atoms with Crippen molar-refractivity contribution in [2.45, 2.75) is 52.1 Å². The zero-order valence-corrected chi connectivity index (χ0v) is 15.8. The fraction of sp³-hybridized carbons (Fsp3) is 0.636. The van der Waals surface area contributed by atoms with E-state index >= 15 is 0 Å². The van der Waals surface area contributed by atoms with Gasteiger partial charge in [0.1, 0.15) is 12.2 Å². The third-order valence-electron chi connectivity index (χ3n) is 8.10. The number of Topliss-reactive ketones (excluding diaryl/α,β-unsaturated/α-hetero) is 1. The number of rotatable bonds is 2. The highest BCUT2D eigenvalue weighted by Gasteiger charge is 2.66. The first-order valence-corrected chi connectivity index (χ1v) is 9.70. The highest BCUT2D eigenvalue weighted by atomic mass is 16.3. The largest absolute Gasteiger partial charge is 0.388 e. The summed E-state index contributed by atoms with van der Waals surface area (Å²) in [5.74, 6) is -0.0376. The number of aliphatic hydroxyl groups is 2. The molecule has 4 heteroatoms. The molecule has 4 aliphatic rings. The van der Waals surface area contributed by atoms with Crippen LogP contribution in [0.3, 0.4) is 0 Å². The monoisotopic (exact) mass is 356 g/mol. The smallest absolute Gasteiger partial charge is 0.190 e. The van der Waals surface area contributed by atoms with Gasteiger partial charge in [0.25, 0.3) is 0 Å². The number of carbonyl (C=O) groups excluding carboxylic acids is 2. The van der Waals surface area contributed by atoms with Gasteiger partial charge < -0.3 is 10.2 Å². The number of ketones is 2. The van der Waals surface area contributed by atoms with Crippen LogP contribution in [0.4, 0.5) is 0 Å². The molecule has 0 saturated heterocycles. The van der Waals surface area contributed by atoms with Crippen molar-refractivity contribution in [3.05, 3.63) is 35.5 Å². The highest BCUT2D eigenvalue weighted by Crippen LogP contribution is 2.66. The van der Waals surface area contributed by atoms with Gasteiger partial charge in [-0.3, -0.25) is 9.59 Å². The summed E-state index contributed by atoms with van der Waals surface area (Å²) in [6.45, 7) is 5.54. The molecule has 4 aliphatic carbocycles. The molecule has 4 rings (SSSR count). The zero-order valence-electron chi connectivity index (χ0n) is 15.8. The zero-order chi connectivity index (χ0) is 18.9. The normalized spacial score (nSPS) is 46.8. The van der Waals surface area contributed by atoms with Gasteiger partial charge in [0.2, 0.25) is 0 Å². The van der Waals surface area contributed by atoms with E-state index in [0.717, 1.165) is 19.3 Å². The summed E-state index contributed by atoms with van der Waals surface area (Å²) in [4.78, 5) is 24.3. The van der Waals surface area contributed by atoms with E-state index in [4.69, 9.17) is 0 Å². The van der Waals surface area contributed by atoms with Gasteiger partial charge in [-0.2, -0.15) is 0 Å². The van der Waals surface area contributed by atoms with E-state index in [9.17, 15) is 19.8 Å². The fourth-order valence-electron chi connectivity index (χ4n) is 6.58. The average Bonchev–Trinajstić information content (AvgIpc) is 2.83. The summed E-state index contributed by atoms with van der Waals surface area (Å²) < 4.78 is 0. The SMILES string of the molecule is C[C@H]1C[C@@H]2[C@@H]3CCC4=CC(=O)C=C[C@@]4(C)C3=CC[C@]2(C)[C@@]1(O)C(=O)CO. The van der Waals surface area contributed by atoms with Crippen LogP contribution in [0, 0.1) is 28.6 Å². The first kappa shape index (κ1) is 17.9. The van der Waals surface area contributed by atoms with Gasteiger partial charge in [0.05, 0.1) is 0 Å². The highest BCUT2D eigenvalue weighted by molar-refractivity contribution is 6.01. The Bertz CT molecular complexity index is 775. The molecule has 0 bridgehead atoms. The van der Waals surface area contributed by atoms with Crippen LogP contribution in [0.15, 0.2) is 35.5 Å². The predicted octanol–water partition coefficient (Wildman–Crippen LogP) is 2.75. The quantitative estimate of drug-likeness (QED) is 0.746. The Morgan fingerprint density at radius 3 is 2.77 bits per heavy atom. The Morgan fingerprint density at radius 2 is 2.08 bits per heavy atom. The second-order valence-electron chi connectivity index (χ2n) is 9.12. The minimum Gasteiger partial charge on any atom is -0.388 e. The molecule has 0 aromatic rings. The minimum atomic E-state index is -1.47. The lowest BCUT2D eigenvalue weighted by Gasteiger charge is -2.53. The van der Waals surface area contributed by atoms with Crippen LogP contribution < -0.4 is 0 Å². The van der Waals surface area contributed by atoms with E-state index in [1.807, 2.05) is 19.9 Å². The second kappa shape index (κ2) is 5.49. The Balaban J connectivity index is 1.79. The molecular weight excluding hydrogens is 328 g/mol. The van der Waals surface area contributed by atoms with Crippen molar-refractivity contribution < 1.29 is 19.8 Å². The fourth-order valence-corrected chi connectivity index (χ4v) is 6.58. The van der Waals surface area contributed by atoms with Crippen LogP contribution in [-0.4, -0.2) is 34.0 Å². The van der Waals surface area contributed by atoms with Gasteiger partial charge in [-0.15, -0.1) is 0 Å². The molecule has 0 unspecified atom stereocenters. The number of hydrogen-bond acceptors (Lipinski definition) is 4. The molecule has 0 aliphatic heterocycles. The molecule has 0 aromatic carbocycles. The molecular formula is C22H28O4. The molecule has 0 amide bonds. The van der Waals surface area contributed by atoms with E-state index in [2.05, 4.69) is 13.0 Å². The number of aliphatic hydroxyl groups excluding tert-OH is 1. The first-order chi connectivity index (χ1) is 12.2. The Morgan fingerprint density at radius 1 is 1.35 bits per heavy atom. The van der Waals surface area contributed by atoms with Crippen molar-refractivity contribution >= 4 is 11.6 Å². The summed E-state index contributed by atoms with van der Waals surface area (Å²) in [5, 5.41) is 20.9. The van der Waals surface area contributed by atoms with Crippen LogP contribution in [0.2, 0.25) is 0 Å². The van der Waals surface area contributed by atoms with Crippen LogP contribution >= 0.6 is 0 Å². The van der Waals surface area contributed by atoms with Crippen molar-refractivity contribution in [2.24, 2.45) is 28.6 Å². The molecule has 0 spiro atoms. The minimum absolute atomic E-state index is 0.0644. The molecule has 2 fully saturated rings. The van der Waals surface area contributed by atoms with Crippen molar-refractivity contribution in [3.63, 3.8) is 0 Å². The molecule has 0 aromatic heterocycles. The van der Waals surface area contributed by atoms with E-state index in [0.29, 0.717) is 12.3 Å². The van der Waals surface area contributed by atoms with Crippen molar-refractivity contribution in [2.75, 3.05) is 6.61 Å². The van der Waals surface area contributed by atoms with Crippen molar-refractivity contribution in [1.29, 1.82) is 0 Å². The summed E-state index contributed by atoms with van der Waals surface area (Å²) in [6, 6.07) is 0. The Labute approximate surface area is 154 Å². The van der Waals surface area contributed by atoms with E-state index in [-0.39, 0.29) is 23.0 Å². The Hall–Kier alpha value is -1.52. The number of fused-ring (bicyclic) bond motifs is 5. The number of carbonyl (C=O) groups is 2. The van der Waals surface area contributed by atoms with E-state index in [1.165, 1.54) is 11.1 Å². The summed E-state index contributed by atoms with van der Waals surface area (Å²) in [5.41, 5.74) is 0.289. The summed E-state index contributed by atoms with van der Waals surface area (Å²) in [6.07, 6.45) is 10.9. The third kappa shape index (κ3) is 1.97. The van der Waals surface area contributed by atoms with Crippen LogP contribution in [0.25, 0.3) is 0 Å². The first-order valence-electron chi connectivity index (χ1n) is 9.70. The van der Waals surface area contributed by atoms with Gasteiger partial charge >= 0.3 is 0 Å². The lowest BCUT2D eigenvalue weighted by atomic mass is 9.51. The molecule has 4 nitrogen and oxygen atoms in total. The van der Waals surface area contributed by atoms with E-state index in [1.54, 1.807) is 12.2 Å². The second-order valence-corrected chi connectivity index (χ2v) is 9.12. The summed E-state index contributed by atoms with van der Waals surface area (Å²) in [7, 11) is 0. The van der Waals surface area contributed by atoms with Crippen molar-refractivity contribution in [3.8, 4) is 0 Å². The lowest BCUT2D eigenvalue weighted by Crippen LogP contribution is -2.57. The van der Waals surface area contributed by atoms with Gasteiger partial charge in [0, 0.05) is 10.8 Å². The third-order valence-corrected chi connectivity index (χ3v) is 8.10. The molecule has 0 heterocycles. The maximum absolute atomic E-state index is 12.5. The van der Waals surface area contributed by atoms with Crippen LogP contribution in [0.1, 0.15) is 46.5 Å². The number of hydrogen-bond donors (Lipinski definition) is 2. The van der Waals surface area contributed by atoms with Gasteiger partial charge in [-0.05, 0) is 62.5 Å². The molecule has 2 N–H and O–H groups in total. The average molecular weight is 356 g/mol. The van der Waals surface area contributed by atoms with Crippen LogP contribution in [0.5, 0.6) is 0 Å². The maximum atomic E-state index is 12.5. The van der Waals surface area contributed by atoms with Crippen LogP contribution in [-0.2, 0) is 9.59 Å². The predicted molar refractivity (Wildman–Crippen MR) is 98.2 cm³/mol. The maximum Gasteiger partial charge on any atom is 0.190 e. The standard InChI is InChI=1S/C22H28O4/c1-13-10-18-16-5-4-14-11-15(24)6-8-20(14,2)17(16)7-9-21(18,3)22(13,26)19(25)12-23/h6-8,11,13,16,18,23,26H,4-5,9-10,12H2,1-3H3/t13-,16+,18+,20+,21-,22-/m0/s1. The molecule has 140 valence electrons. The van der Waals surface area contributed by atoms with Gasteiger partial charge in [-0.1, -0.05) is 37.1 Å².